The molecular weight excluding hydrogens is 370 g/mol. The Kier molecular flexibility index (Phi) is 5.71. The topological polar surface area (TPSA) is 71.5 Å². The standard InChI is InChI=1S/C18H22BrN3O2/c19-14-5-3-13(4-6-14)18(16-2-1-11-24-16)21-15-7-9-22(10-8-15)12-17(20)23/h1-6,11,15,18,21H,7-10,12H2,(H2,20,23)/t18-/m1/s1. The molecule has 1 aliphatic heterocycles. The molecule has 0 aliphatic carbocycles. The number of likely N-dealkylation sites (tertiary alicyclic amines) is 1. The number of nitrogens with one attached hydrogen (secondary N) is 1. The summed E-state index contributed by atoms with van der Waals surface area (Å²) in [5, 5.41) is 3.72. The number of hydrogen-bond acceptors (Lipinski definition) is 4. The van der Waals surface area contributed by atoms with Gasteiger partial charge in [-0.25, -0.2) is 0 Å². The van der Waals surface area contributed by atoms with E-state index < -0.39 is 0 Å². The van der Waals surface area contributed by atoms with Gasteiger partial charge in [0.15, 0.2) is 0 Å². The third-order valence-electron chi connectivity index (χ3n) is 4.40. The van der Waals surface area contributed by atoms with Crippen molar-refractivity contribution in [3.63, 3.8) is 0 Å². The van der Waals surface area contributed by atoms with Gasteiger partial charge in [0.1, 0.15) is 5.76 Å². The molecule has 0 spiro atoms. The maximum atomic E-state index is 11.0. The van der Waals surface area contributed by atoms with E-state index in [1.807, 2.05) is 24.3 Å². The van der Waals surface area contributed by atoms with Gasteiger partial charge in [0, 0.05) is 23.6 Å². The Morgan fingerprint density at radius 3 is 2.58 bits per heavy atom. The van der Waals surface area contributed by atoms with Gasteiger partial charge in [-0.3, -0.25) is 9.69 Å². The number of hydrogen-bond donors (Lipinski definition) is 2. The molecule has 1 aromatic carbocycles. The Bertz CT molecular complexity index is 649. The highest BCUT2D eigenvalue weighted by Crippen LogP contribution is 2.26. The fourth-order valence-electron chi connectivity index (χ4n) is 3.17. The molecule has 5 nitrogen and oxygen atoms in total. The van der Waals surface area contributed by atoms with Crippen LogP contribution in [0.25, 0.3) is 0 Å². The highest BCUT2D eigenvalue weighted by molar-refractivity contribution is 9.10. The van der Waals surface area contributed by atoms with Crippen LogP contribution in [0, 0.1) is 0 Å². The summed E-state index contributed by atoms with van der Waals surface area (Å²) in [4.78, 5) is 13.2. The van der Waals surface area contributed by atoms with Crippen LogP contribution in [0.2, 0.25) is 0 Å². The minimum absolute atomic E-state index is 0.0285. The largest absolute Gasteiger partial charge is 0.467 e. The second kappa shape index (κ2) is 7.96. The van der Waals surface area contributed by atoms with Crippen molar-refractivity contribution in [2.45, 2.75) is 24.9 Å². The number of rotatable bonds is 6. The summed E-state index contributed by atoms with van der Waals surface area (Å²) < 4.78 is 6.71. The zero-order chi connectivity index (χ0) is 16.9. The third kappa shape index (κ3) is 4.47. The number of amides is 1. The van der Waals surface area contributed by atoms with E-state index in [0.29, 0.717) is 12.6 Å². The SMILES string of the molecule is NC(=O)CN1CCC(N[C@H](c2ccc(Br)cc2)c2ccco2)CC1. The maximum absolute atomic E-state index is 11.0. The molecule has 128 valence electrons. The molecule has 3 rings (SSSR count). The molecule has 1 atom stereocenters. The predicted molar refractivity (Wildman–Crippen MR) is 96.5 cm³/mol. The van der Waals surface area contributed by atoms with Gasteiger partial charge in [-0.05, 0) is 42.7 Å². The van der Waals surface area contributed by atoms with E-state index in [2.05, 4.69) is 38.3 Å². The van der Waals surface area contributed by atoms with Crippen molar-refractivity contribution in [2.24, 2.45) is 5.73 Å². The van der Waals surface area contributed by atoms with Gasteiger partial charge in [-0.1, -0.05) is 28.1 Å². The summed E-state index contributed by atoms with van der Waals surface area (Å²) in [6.07, 6.45) is 3.68. The Morgan fingerprint density at radius 2 is 2.00 bits per heavy atom. The summed E-state index contributed by atoms with van der Waals surface area (Å²) in [5.41, 5.74) is 6.45. The Labute approximate surface area is 150 Å². The quantitative estimate of drug-likeness (QED) is 0.793. The van der Waals surface area contributed by atoms with Crippen LogP contribution in [0.4, 0.5) is 0 Å². The van der Waals surface area contributed by atoms with Crippen molar-refractivity contribution in [1.82, 2.24) is 10.2 Å². The van der Waals surface area contributed by atoms with Crippen LogP contribution < -0.4 is 11.1 Å². The normalized spacial score (nSPS) is 17.7. The average Bonchev–Trinajstić information content (AvgIpc) is 3.09. The zero-order valence-corrected chi connectivity index (χ0v) is 15.0. The van der Waals surface area contributed by atoms with Gasteiger partial charge < -0.3 is 15.5 Å². The van der Waals surface area contributed by atoms with Crippen LogP contribution in [-0.4, -0.2) is 36.5 Å². The molecule has 6 heteroatoms. The van der Waals surface area contributed by atoms with Gasteiger partial charge >= 0.3 is 0 Å². The highest BCUT2D eigenvalue weighted by Gasteiger charge is 2.25. The molecule has 24 heavy (non-hydrogen) atoms. The number of nitrogens with two attached hydrogens (primary N) is 1. The lowest BCUT2D eigenvalue weighted by atomic mass is 9.99. The molecule has 0 radical (unpaired) electrons. The number of primary amides is 1. The summed E-state index contributed by atoms with van der Waals surface area (Å²) in [5.74, 6) is 0.654. The molecule has 0 saturated carbocycles. The molecule has 1 saturated heterocycles. The average molecular weight is 392 g/mol. The molecule has 2 heterocycles. The fraction of sp³-hybridized carbons (Fsp3) is 0.389. The van der Waals surface area contributed by atoms with Crippen LogP contribution in [0.3, 0.4) is 0 Å². The highest BCUT2D eigenvalue weighted by atomic mass is 79.9. The van der Waals surface area contributed by atoms with E-state index >= 15 is 0 Å². The van der Waals surface area contributed by atoms with E-state index in [0.717, 1.165) is 36.2 Å². The lowest BCUT2D eigenvalue weighted by Gasteiger charge is -2.33. The van der Waals surface area contributed by atoms with E-state index in [1.165, 1.54) is 5.56 Å². The number of benzene rings is 1. The first-order valence-electron chi connectivity index (χ1n) is 8.17. The van der Waals surface area contributed by atoms with Crippen LogP contribution in [0.5, 0.6) is 0 Å². The van der Waals surface area contributed by atoms with E-state index in [1.54, 1.807) is 6.26 Å². The first-order chi connectivity index (χ1) is 11.6. The van der Waals surface area contributed by atoms with Gasteiger partial charge in [-0.2, -0.15) is 0 Å². The van der Waals surface area contributed by atoms with Crippen molar-refractivity contribution in [2.75, 3.05) is 19.6 Å². The minimum atomic E-state index is -0.260. The van der Waals surface area contributed by atoms with E-state index in [9.17, 15) is 4.79 Å². The Hall–Kier alpha value is -1.63. The summed E-state index contributed by atoms with van der Waals surface area (Å²) in [6.45, 7) is 2.11. The van der Waals surface area contributed by atoms with Crippen molar-refractivity contribution < 1.29 is 9.21 Å². The van der Waals surface area contributed by atoms with Crippen molar-refractivity contribution >= 4 is 21.8 Å². The molecule has 2 aromatic rings. The monoisotopic (exact) mass is 391 g/mol. The summed E-state index contributed by atoms with van der Waals surface area (Å²) in [6, 6.07) is 12.6. The first kappa shape index (κ1) is 17.2. The van der Waals surface area contributed by atoms with Crippen molar-refractivity contribution in [3.8, 4) is 0 Å². The van der Waals surface area contributed by atoms with Gasteiger partial charge in [0.25, 0.3) is 0 Å². The van der Waals surface area contributed by atoms with E-state index in [4.69, 9.17) is 10.2 Å². The smallest absolute Gasteiger partial charge is 0.231 e. The van der Waals surface area contributed by atoms with Gasteiger partial charge in [0.05, 0.1) is 18.8 Å². The van der Waals surface area contributed by atoms with Crippen LogP contribution in [0.1, 0.15) is 30.2 Å². The molecule has 0 bridgehead atoms. The molecule has 1 fully saturated rings. The number of carbonyl (C=O) groups is 1. The Morgan fingerprint density at radius 1 is 1.29 bits per heavy atom. The van der Waals surface area contributed by atoms with Gasteiger partial charge in [-0.15, -0.1) is 0 Å². The number of furan rings is 1. The van der Waals surface area contributed by atoms with Crippen molar-refractivity contribution in [3.05, 3.63) is 58.5 Å². The molecule has 3 N–H and O–H groups in total. The molecule has 1 aromatic heterocycles. The van der Waals surface area contributed by atoms with E-state index in [-0.39, 0.29) is 11.9 Å². The second-order valence-corrected chi connectivity index (χ2v) is 7.10. The van der Waals surface area contributed by atoms with Gasteiger partial charge in [0.2, 0.25) is 5.91 Å². The second-order valence-electron chi connectivity index (χ2n) is 6.18. The summed E-state index contributed by atoms with van der Waals surface area (Å²) in [7, 11) is 0. The number of piperidine rings is 1. The predicted octanol–water partition coefficient (Wildman–Crippen LogP) is 2.67. The molecular formula is C18H22BrN3O2. The Balaban J connectivity index is 1.67. The first-order valence-corrected chi connectivity index (χ1v) is 8.96. The minimum Gasteiger partial charge on any atom is -0.467 e. The third-order valence-corrected chi connectivity index (χ3v) is 4.93. The maximum Gasteiger partial charge on any atom is 0.231 e. The number of halogens is 1. The molecule has 1 amide bonds. The lowest BCUT2D eigenvalue weighted by Crippen LogP contribution is -2.46. The molecule has 1 aliphatic rings. The van der Waals surface area contributed by atoms with Crippen LogP contribution in [0.15, 0.2) is 51.6 Å². The number of nitrogens with zero attached hydrogens (tertiary/aromatic N) is 1. The van der Waals surface area contributed by atoms with Crippen molar-refractivity contribution in [1.29, 1.82) is 0 Å². The summed E-state index contributed by atoms with van der Waals surface area (Å²) >= 11 is 3.48. The lowest BCUT2D eigenvalue weighted by molar-refractivity contribution is -0.119. The zero-order valence-electron chi connectivity index (χ0n) is 13.5. The molecule has 0 unspecified atom stereocenters. The van der Waals surface area contributed by atoms with Crippen LogP contribution >= 0.6 is 15.9 Å². The fourth-order valence-corrected chi connectivity index (χ4v) is 3.43. The number of carbonyl (C=O) groups excluding carboxylic acids is 1. The van der Waals surface area contributed by atoms with Crippen LogP contribution in [-0.2, 0) is 4.79 Å².